The zero-order valence-electron chi connectivity index (χ0n) is 15.2. The number of nitrogens with one attached hydrogen (secondary N) is 2. The van der Waals surface area contributed by atoms with Crippen LogP contribution in [0.15, 0.2) is 54.6 Å². The van der Waals surface area contributed by atoms with Gasteiger partial charge in [0.15, 0.2) is 0 Å². The predicted octanol–water partition coefficient (Wildman–Crippen LogP) is 4.65. The minimum Gasteiger partial charge on any atom is -0.340 e. The third kappa shape index (κ3) is 4.06. The van der Waals surface area contributed by atoms with E-state index in [-0.39, 0.29) is 5.91 Å². The molecule has 1 aromatic heterocycles. The lowest BCUT2D eigenvalue weighted by molar-refractivity contribution is 0.102. The first kappa shape index (κ1) is 17.6. The first-order valence-electron chi connectivity index (χ1n) is 8.64. The SMILES string of the molecule is CCc1cccc(C)c1Nc1cc(C(=O)Nc2ccccc2)nc(C)n1. The number of hydrogen-bond acceptors (Lipinski definition) is 4. The van der Waals surface area contributed by atoms with Gasteiger partial charge in [0.05, 0.1) is 0 Å². The molecule has 0 bridgehead atoms. The standard InChI is InChI=1S/C21H22N4O/c1-4-16-10-8-9-14(2)20(16)25-19-13-18(22-15(3)23-19)21(26)24-17-11-6-5-7-12-17/h5-13H,4H2,1-3H3,(H,24,26)(H,22,23,25). The summed E-state index contributed by atoms with van der Waals surface area (Å²) in [5.41, 5.74) is 4.43. The molecule has 5 heteroatoms. The highest BCUT2D eigenvalue weighted by Crippen LogP contribution is 2.25. The third-order valence-corrected chi connectivity index (χ3v) is 4.10. The van der Waals surface area contributed by atoms with E-state index in [9.17, 15) is 4.79 Å². The van der Waals surface area contributed by atoms with Gasteiger partial charge in [-0.3, -0.25) is 4.79 Å². The lowest BCUT2D eigenvalue weighted by Gasteiger charge is -2.14. The number of benzene rings is 2. The van der Waals surface area contributed by atoms with Gasteiger partial charge < -0.3 is 10.6 Å². The van der Waals surface area contributed by atoms with Gasteiger partial charge in [-0.25, -0.2) is 9.97 Å². The molecular formula is C21H22N4O. The molecule has 0 aliphatic carbocycles. The summed E-state index contributed by atoms with van der Waals surface area (Å²) >= 11 is 0. The molecule has 0 saturated heterocycles. The molecule has 0 radical (unpaired) electrons. The fourth-order valence-corrected chi connectivity index (χ4v) is 2.79. The Balaban J connectivity index is 1.88. The van der Waals surface area contributed by atoms with Gasteiger partial charge >= 0.3 is 0 Å². The molecule has 0 aliphatic heterocycles. The fraction of sp³-hybridized carbons (Fsp3) is 0.190. The van der Waals surface area contributed by atoms with E-state index in [2.05, 4.69) is 46.6 Å². The van der Waals surface area contributed by atoms with E-state index in [0.29, 0.717) is 17.3 Å². The lowest BCUT2D eigenvalue weighted by atomic mass is 10.1. The fourth-order valence-electron chi connectivity index (χ4n) is 2.79. The molecule has 5 nitrogen and oxygen atoms in total. The molecule has 3 aromatic rings. The van der Waals surface area contributed by atoms with Gasteiger partial charge in [-0.15, -0.1) is 0 Å². The average Bonchev–Trinajstić information content (AvgIpc) is 2.64. The zero-order valence-corrected chi connectivity index (χ0v) is 15.2. The Kier molecular flexibility index (Phi) is 5.27. The van der Waals surface area contributed by atoms with Crippen molar-refractivity contribution in [3.63, 3.8) is 0 Å². The van der Waals surface area contributed by atoms with E-state index in [4.69, 9.17) is 0 Å². The second-order valence-corrected chi connectivity index (χ2v) is 6.09. The maximum atomic E-state index is 12.5. The highest BCUT2D eigenvalue weighted by atomic mass is 16.1. The molecule has 0 atom stereocenters. The molecular weight excluding hydrogens is 324 g/mol. The number of aromatic nitrogens is 2. The number of para-hydroxylation sites is 2. The maximum absolute atomic E-state index is 12.5. The average molecular weight is 346 g/mol. The van der Waals surface area contributed by atoms with Crippen LogP contribution in [0.4, 0.5) is 17.2 Å². The van der Waals surface area contributed by atoms with Crippen LogP contribution in [0.2, 0.25) is 0 Å². The molecule has 0 unspecified atom stereocenters. The zero-order chi connectivity index (χ0) is 18.5. The number of aryl methyl sites for hydroxylation is 3. The van der Waals surface area contributed by atoms with Crippen molar-refractivity contribution in [1.29, 1.82) is 0 Å². The largest absolute Gasteiger partial charge is 0.340 e. The van der Waals surface area contributed by atoms with Gasteiger partial charge in [0.25, 0.3) is 5.91 Å². The Hall–Kier alpha value is -3.21. The van der Waals surface area contributed by atoms with Crippen molar-refractivity contribution in [1.82, 2.24) is 9.97 Å². The van der Waals surface area contributed by atoms with Crippen molar-refractivity contribution in [3.8, 4) is 0 Å². The Morgan fingerprint density at radius 2 is 1.77 bits per heavy atom. The Bertz CT molecular complexity index is 923. The van der Waals surface area contributed by atoms with Crippen LogP contribution in [0.5, 0.6) is 0 Å². The molecule has 3 rings (SSSR count). The number of hydrogen-bond donors (Lipinski definition) is 2. The number of amides is 1. The van der Waals surface area contributed by atoms with Crippen molar-refractivity contribution >= 4 is 23.1 Å². The quantitative estimate of drug-likeness (QED) is 0.705. The first-order chi connectivity index (χ1) is 12.6. The number of rotatable bonds is 5. The maximum Gasteiger partial charge on any atom is 0.274 e. The van der Waals surface area contributed by atoms with Crippen LogP contribution in [0.3, 0.4) is 0 Å². The van der Waals surface area contributed by atoms with E-state index in [1.54, 1.807) is 13.0 Å². The van der Waals surface area contributed by atoms with E-state index in [1.165, 1.54) is 5.56 Å². The van der Waals surface area contributed by atoms with E-state index in [1.807, 2.05) is 36.4 Å². The number of carbonyl (C=O) groups is 1. The summed E-state index contributed by atoms with van der Waals surface area (Å²) in [7, 11) is 0. The summed E-state index contributed by atoms with van der Waals surface area (Å²) in [6.45, 7) is 5.95. The summed E-state index contributed by atoms with van der Waals surface area (Å²) < 4.78 is 0. The summed E-state index contributed by atoms with van der Waals surface area (Å²) in [4.78, 5) is 21.2. The van der Waals surface area contributed by atoms with E-state index >= 15 is 0 Å². The molecule has 0 aliphatic rings. The smallest absolute Gasteiger partial charge is 0.274 e. The van der Waals surface area contributed by atoms with Crippen LogP contribution < -0.4 is 10.6 Å². The monoisotopic (exact) mass is 346 g/mol. The first-order valence-corrected chi connectivity index (χ1v) is 8.64. The molecule has 132 valence electrons. The second-order valence-electron chi connectivity index (χ2n) is 6.09. The summed E-state index contributed by atoms with van der Waals surface area (Å²) in [5, 5.41) is 6.21. The highest BCUT2D eigenvalue weighted by molar-refractivity contribution is 6.03. The number of anilines is 3. The van der Waals surface area contributed by atoms with Gasteiger partial charge in [-0.2, -0.15) is 0 Å². The van der Waals surface area contributed by atoms with Gasteiger partial charge in [0, 0.05) is 17.4 Å². The third-order valence-electron chi connectivity index (χ3n) is 4.10. The van der Waals surface area contributed by atoms with E-state index in [0.717, 1.165) is 23.4 Å². The normalized spacial score (nSPS) is 10.4. The summed E-state index contributed by atoms with van der Waals surface area (Å²) in [6, 6.07) is 17.2. The Morgan fingerprint density at radius 3 is 2.50 bits per heavy atom. The van der Waals surface area contributed by atoms with Crippen molar-refractivity contribution < 1.29 is 4.79 Å². The molecule has 2 aromatic carbocycles. The molecule has 0 fully saturated rings. The second kappa shape index (κ2) is 7.78. The summed E-state index contributed by atoms with van der Waals surface area (Å²) in [6.07, 6.45) is 0.912. The predicted molar refractivity (Wildman–Crippen MR) is 105 cm³/mol. The molecule has 2 N–H and O–H groups in total. The topological polar surface area (TPSA) is 66.9 Å². The molecule has 1 amide bonds. The van der Waals surface area contributed by atoms with Gasteiger partial charge in [-0.05, 0) is 43.5 Å². The molecule has 0 spiro atoms. The number of nitrogens with zero attached hydrogens (tertiary/aromatic N) is 2. The van der Waals surface area contributed by atoms with Gasteiger partial charge in [-0.1, -0.05) is 43.3 Å². The van der Waals surface area contributed by atoms with Crippen LogP contribution in [-0.2, 0) is 6.42 Å². The Morgan fingerprint density at radius 1 is 1.00 bits per heavy atom. The van der Waals surface area contributed by atoms with Crippen LogP contribution in [-0.4, -0.2) is 15.9 Å². The lowest BCUT2D eigenvalue weighted by Crippen LogP contribution is -2.15. The molecule has 0 saturated carbocycles. The summed E-state index contributed by atoms with van der Waals surface area (Å²) in [5.74, 6) is 0.893. The molecule has 26 heavy (non-hydrogen) atoms. The van der Waals surface area contributed by atoms with Crippen molar-refractivity contribution in [3.05, 3.63) is 77.2 Å². The van der Waals surface area contributed by atoms with E-state index < -0.39 is 0 Å². The Labute approximate surface area is 153 Å². The van der Waals surface area contributed by atoms with Crippen molar-refractivity contribution in [2.75, 3.05) is 10.6 Å². The van der Waals surface area contributed by atoms with Crippen LogP contribution in [0, 0.1) is 13.8 Å². The van der Waals surface area contributed by atoms with Crippen molar-refractivity contribution in [2.45, 2.75) is 27.2 Å². The minimum absolute atomic E-state index is 0.259. The van der Waals surface area contributed by atoms with Crippen molar-refractivity contribution in [2.24, 2.45) is 0 Å². The molecule has 1 heterocycles. The van der Waals surface area contributed by atoms with Gasteiger partial charge in [0.2, 0.25) is 0 Å². The van der Waals surface area contributed by atoms with Crippen LogP contribution >= 0.6 is 0 Å². The van der Waals surface area contributed by atoms with Crippen LogP contribution in [0.25, 0.3) is 0 Å². The minimum atomic E-state index is -0.259. The highest BCUT2D eigenvalue weighted by Gasteiger charge is 2.12. The van der Waals surface area contributed by atoms with Crippen LogP contribution in [0.1, 0.15) is 34.4 Å². The van der Waals surface area contributed by atoms with Gasteiger partial charge in [0.1, 0.15) is 17.3 Å². The number of carbonyl (C=O) groups excluding carboxylic acids is 1.